The average molecular weight is 453 g/mol. The van der Waals surface area contributed by atoms with Gasteiger partial charge in [-0.1, -0.05) is 24.3 Å². The summed E-state index contributed by atoms with van der Waals surface area (Å²) in [6.45, 7) is 1.45. The Hall–Kier alpha value is -2.51. The zero-order chi connectivity index (χ0) is 21.6. The second-order valence-electron chi connectivity index (χ2n) is 8.08. The molecular weight excluding hydrogens is 428 g/mol. The van der Waals surface area contributed by atoms with Crippen LogP contribution in [0.5, 0.6) is 0 Å². The Morgan fingerprint density at radius 2 is 1.74 bits per heavy atom. The Morgan fingerprint density at radius 1 is 1.00 bits per heavy atom. The number of hydrogen-bond acceptors (Lipinski definition) is 4. The second kappa shape index (κ2) is 7.88. The summed E-state index contributed by atoms with van der Waals surface area (Å²) in [5.74, 6) is -0.0933. The maximum atomic E-state index is 13.3. The van der Waals surface area contributed by atoms with Gasteiger partial charge >= 0.3 is 0 Å². The maximum Gasteiger partial charge on any atom is 0.261 e. The summed E-state index contributed by atoms with van der Waals surface area (Å²) in [6, 6.07) is 14.7. The van der Waals surface area contributed by atoms with Crippen LogP contribution in [0.25, 0.3) is 10.8 Å². The molecule has 5 nitrogen and oxygen atoms in total. The first-order valence-corrected chi connectivity index (χ1v) is 13.2. The van der Waals surface area contributed by atoms with Crippen LogP contribution in [-0.4, -0.2) is 38.6 Å². The van der Waals surface area contributed by atoms with Gasteiger partial charge in [0.15, 0.2) is 0 Å². The topological polar surface area (TPSA) is 66.5 Å². The van der Waals surface area contributed by atoms with Crippen LogP contribution in [0, 0.1) is 0 Å². The number of aryl methyl sites for hydroxylation is 2. The quantitative estimate of drug-likeness (QED) is 0.570. The molecule has 1 amide bonds. The van der Waals surface area contributed by atoms with E-state index in [0.717, 1.165) is 54.4 Å². The van der Waals surface area contributed by atoms with E-state index in [-0.39, 0.29) is 10.8 Å². The number of benzene rings is 3. The molecule has 1 heterocycles. The first-order valence-electron chi connectivity index (χ1n) is 10.5. The predicted molar refractivity (Wildman–Crippen MR) is 126 cm³/mol. The van der Waals surface area contributed by atoms with Crippen LogP contribution in [0.15, 0.2) is 58.3 Å². The lowest BCUT2D eigenvalue weighted by Crippen LogP contribution is -2.28. The molecule has 31 heavy (non-hydrogen) atoms. The van der Waals surface area contributed by atoms with Crippen molar-refractivity contribution < 1.29 is 13.2 Å². The molecule has 0 saturated carbocycles. The number of thioether (sulfide) groups is 1. The van der Waals surface area contributed by atoms with E-state index in [9.17, 15) is 13.2 Å². The molecule has 2 aliphatic rings. The van der Waals surface area contributed by atoms with Gasteiger partial charge in [0.2, 0.25) is 0 Å². The van der Waals surface area contributed by atoms with Crippen LogP contribution in [-0.2, 0) is 22.9 Å². The number of sulfonamides is 1. The summed E-state index contributed by atoms with van der Waals surface area (Å²) in [7, 11) is -3.84. The van der Waals surface area contributed by atoms with Crippen LogP contribution in [0.1, 0.15) is 34.3 Å². The number of carbonyl (C=O) groups excluding carboxylic acids is 1. The lowest BCUT2D eigenvalue weighted by atomic mass is 10.0. The smallest absolute Gasteiger partial charge is 0.261 e. The number of rotatable bonds is 5. The second-order valence-corrected chi connectivity index (χ2v) is 10.6. The molecule has 1 aliphatic heterocycles. The molecule has 0 bridgehead atoms. The Kier molecular flexibility index (Phi) is 5.18. The van der Waals surface area contributed by atoms with Gasteiger partial charge < -0.3 is 4.90 Å². The molecule has 1 fully saturated rings. The van der Waals surface area contributed by atoms with E-state index in [1.807, 2.05) is 35.4 Å². The monoisotopic (exact) mass is 452 g/mol. The van der Waals surface area contributed by atoms with Gasteiger partial charge in [-0.15, -0.1) is 11.8 Å². The van der Waals surface area contributed by atoms with Gasteiger partial charge in [0.05, 0.1) is 16.1 Å². The highest BCUT2D eigenvalue weighted by Gasteiger charge is 2.25. The number of amides is 1. The van der Waals surface area contributed by atoms with E-state index in [1.165, 1.54) is 29.0 Å². The van der Waals surface area contributed by atoms with Gasteiger partial charge in [0, 0.05) is 23.4 Å². The number of likely N-dealkylation sites (tertiary alicyclic amines) is 1. The highest BCUT2D eigenvalue weighted by Crippen LogP contribution is 2.36. The fourth-order valence-electron chi connectivity index (χ4n) is 4.65. The molecule has 1 saturated heterocycles. The zero-order valence-corrected chi connectivity index (χ0v) is 19.0. The molecule has 7 heteroatoms. The molecule has 5 rings (SSSR count). The molecule has 160 valence electrons. The van der Waals surface area contributed by atoms with Crippen molar-refractivity contribution in [3.8, 4) is 0 Å². The molecule has 0 aromatic heterocycles. The minimum atomic E-state index is -3.84. The van der Waals surface area contributed by atoms with Gasteiger partial charge in [-0.05, 0) is 72.7 Å². The van der Waals surface area contributed by atoms with Gasteiger partial charge in [-0.25, -0.2) is 8.42 Å². The molecule has 0 spiro atoms. The molecule has 3 aromatic carbocycles. The molecule has 0 atom stereocenters. The molecule has 1 aliphatic carbocycles. The summed E-state index contributed by atoms with van der Waals surface area (Å²) in [5, 5.41) is 2.08. The van der Waals surface area contributed by atoms with E-state index in [4.69, 9.17) is 0 Å². The third kappa shape index (κ3) is 3.59. The number of hydrogen-bond donors (Lipinski definition) is 1. The van der Waals surface area contributed by atoms with Crippen LogP contribution in [0.3, 0.4) is 0 Å². The molecule has 1 N–H and O–H groups in total. The van der Waals surface area contributed by atoms with E-state index in [1.54, 1.807) is 12.1 Å². The first kappa shape index (κ1) is 20.4. The third-order valence-corrected chi connectivity index (χ3v) is 8.39. The normalized spacial score (nSPS) is 15.6. The minimum absolute atomic E-state index is 0.0933. The number of carbonyl (C=O) groups is 1. The first-order chi connectivity index (χ1) is 15.0. The van der Waals surface area contributed by atoms with E-state index in [0.29, 0.717) is 11.3 Å². The van der Waals surface area contributed by atoms with E-state index in [2.05, 4.69) is 10.8 Å². The van der Waals surface area contributed by atoms with Crippen LogP contribution in [0.4, 0.5) is 5.69 Å². The van der Waals surface area contributed by atoms with Crippen LogP contribution < -0.4 is 4.72 Å². The van der Waals surface area contributed by atoms with Gasteiger partial charge in [-0.3, -0.25) is 9.52 Å². The van der Waals surface area contributed by atoms with E-state index >= 15 is 0 Å². The Balaban J connectivity index is 1.53. The van der Waals surface area contributed by atoms with E-state index < -0.39 is 10.0 Å². The third-order valence-electron chi connectivity index (χ3n) is 6.23. The van der Waals surface area contributed by atoms with Crippen molar-refractivity contribution >= 4 is 44.2 Å². The van der Waals surface area contributed by atoms with Crippen molar-refractivity contribution in [2.24, 2.45) is 0 Å². The van der Waals surface area contributed by atoms with Crippen molar-refractivity contribution in [3.63, 3.8) is 0 Å². The van der Waals surface area contributed by atoms with Gasteiger partial charge in [0.1, 0.15) is 0 Å². The van der Waals surface area contributed by atoms with Crippen molar-refractivity contribution in [1.82, 2.24) is 4.90 Å². The van der Waals surface area contributed by atoms with Crippen molar-refractivity contribution in [2.45, 2.75) is 35.5 Å². The van der Waals surface area contributed by atoms with Crippen molar-refractivity contribution in [2.75, 3.05) is 24.1 Å². The largest absolute Gasteiger partial charge is 0.339 e. The molecule has 0 radical (unpaired) electrons. The number of nitrogens with zero attached hydrogens (tertiary/aromatic N) is 1. The molecular formula is C24H24N2O3S2. The predicted octanol–water partition coefficient (Wildman–Crippen LogP) is 4.70. The lowest BCUT2D eigenvalue weighted by Gasteiger charge is -2.18. The summed E-state index contributed by atoms with van der Waals surface area (Å²) in [4.78, 5) is 15.7. The summed E-state index contributed by atoms with van der Waals surface area (Å²) < 4.78 is 29.3. The van der Waals surface area contributed by atoms with Crippen molar-refractivity contribution in [1.29, 1.82) is 0 Å². The number of anilines is 1. The zero-order valence-electron chi connectivity index (χ0n) is 17.3. The maximum absolute atomic E-state index is 13.3. The fraction of sp³-hybridized carbons (Fsp3) is 0.292. The Labute approximate surface area is 186 Å². The summed E-state index contributed by atoms with van der Waals surface area (Å²) in [5.41, 5.74) is 3.55. The van der Waals surface area contributed by atoms with Crippen LogP contribution in [0.2, 0.25) is 0 Å². The average Bonchev–Trinajstić information content (AvgIpc) is 3.46. The molecule has 3 aromatic rings. The highest BCUT2D eigenvalue weighted by atomic mass is 32.2. The Morgan fingerprint density at radius 3 is 2.48 bits per heavy atom. The van der Waals surface area contributed by atoms with Gasteiger partial charge in [-0.2, -0.15) is 0 Å². The van der Waals surface area contributed by atoms with Crippen molar-refractivity contribution in [3.05, 3.63) is 65.2 Å². The van der Waals surface area contributed by atoms with Crippen LogP contribution >= 0.6 is 11.8 Å². The highest BCUT2D eigenvalue weighted by molar-refractivity contribution is 7.98. The fourth-order valence-corrected chi connectivity index (χ4v) is 6.33. The SMILES string of the molecule is CSc1ccc(S(=O)(=O)Nc2ccc3c4c(cccc24)CC3)cc1C(=O)N1CCCC1. The standard InChI is InChI=1S/C24H24N2O3S2/c1-30-22-12-10-18(15-20(22)24(27)26-13-2-3-14-26)31(28,29)25-21-11-9-17-8-7-16-5-4-6-19(21)23(16)17/h4-6,9-12,15,25H,2-3,7-8,13-14H2,1H3. The summed E-state index contributed by atoms with van der Waals surface area (Å²) >= 11 is 1.46. The minimum Gasteiger partial charge on any atom is -0.339 e. The summed E-state index contributed by atoms with van der Waals surface area (Å²) in [6.07, 6.45) is 5.85. The number of nitrogens with one attached hydrogen (secondary N) is 1. The van der Waals surface area contributed by atoms with Gasteiger partial charge in [0.25, 0.3) is 15.9 Å². The lowest BCUT2D eigenvalue weighted by molar-refractivity contribution is 0.0789. The molecule has 0 unspecified atom stereocenters. The Bertz CT molecular complexity index is 1290.